The third-order valence-corrected chi connectivity index (χ3v) is 7.26. The number of furan rings is 2. The van der Waals surface area contributed by atoms with Crippen molar-refractivity contribution in [3.63, 3.8) is 0 Å². The minimum atomic E-state index is -0.556. The summed E-state index contributed by atoms with van der Waals surface area (Å²) >= 11 is 0. The quantitative estimate of drug-likeness (QED) is 0.210. The SMILES string of the molecule is [2H]c1c([2H])c([2H])c(-c2c3ccccc3c(-c3c([2H])c([2H])c4c(oc5c([2H])c([2H])c6oc7c([2H])c([2H])c([2H])c([2H])c7c6c54)c3[2H])c3ccccc23)c([2H])c1[2H]. The van der Waals surface area contributed by atoms with Crippen molar-refractivity contribution in [2.45, 2.75) is 0 Å². The van der Waals surface area contributed by atoms with Crippen LogP contribution < -0.4 is 0 Å². The highest BCUT2D eigenvalue weighted by molar-refractivity contribution is 6.26. The molecule has 7 aromatic carbocycles. The molecular weight excluding hydrogens is 488 g/mol. The summed E-state index contributed by atoms with van der Waals surface area (Å²) in [6, 6.07) is 7.35. The van der Waals surface area contributed by atoms with Gasteiger partial charge in [-0.3, -0.25) is 0 Å². The van der Waals surface area contributed by atoms with Crippen molar-refractivity contribution in [3.05, 3.63) is 133 Å². The van der Waals surface area contributed by atoms with Crippen molar-refractivity contribution in [2.75, 3.05) is 0 Å². The van der Waals surface area contributed by atoms with Crippen LogP contribution in [0.15, 0.2) is 142 Å². The first-order valence-electron chi connectivity index (χ1n) is 19.5. The van der Waals surface area contributed by atoms with E-state index < -0.39 is 78.6 Å². The van der Waals surface area contributed by atoms with Gasteiger partial charge in [-0.05, 0) is 74.0 Å². The Morgan fingerprint density at radius 2 is 0.925 bits per heavy atom. The molecule has 2 nitrogen and oxygen atoms in total. The molecule has 186 valence electrons. The number of para-hydroxylation sites is 1. The molecule has 0 spiro atoms. The van der Waals surface area contributed by atoms with E-state index in [2.05, 4.69) is 0 Å². The normalized spacial score (nSPS) is 16.9. The van der Waals surface area contributed by atoms with E-state index in [1.54, 1.807) is 48.5 Å². The molecule has 0 aliphatic rings. The molecule has 2 heteroatoms. The largest absolute Gasteiger partial charge is 0.456 e. The van der Waals surface area contributed by atoms with Gasteiger partial charge in [0.05, 0.1) is 19.2 Å². The van der Waals surface area contributed by atoms with E-state index in [0.29, 0.717) is 32.7 Å². The molecule has 0 unspecified atom stereocenters. The molecule has 0 aliphatic heterocycles. The molecule has 9 aromatic rings. The first-order valence-corrected chi connectivity index (χ1v) is 12.5. The third kappa shape index (κ3) is 2.93. The molecule has 2 aromatic heterocycles. The van der Waals surface area contributed by atoms with Crippen LogP contribution in [0.25, 0.3) is 87.7 Å². The van der Waals surface area contributed by atoms with Gasteiger partial charge in [0, 0.05) is 21.5 Å². The number of hydrogen-bond acceptors (Lipinski definition) is 2. The second kappa shape index (κ2) is 8.08. The lowest BCUT2D eigenvalue weighted by Gasteiger charge is -2.17. The number of rotatable bonds is 2. The van der Waals surface area contributed by atoms with Gasteiger partial charge in [-0.15, -0.1) is 0 Å². The second-order valence-corrected chi connectivity index (χ2v) is 9.36. The zero-order chi connectivity index (χ0) is 38.4. The number of fused-ring (bicyclic) bond motifs is 9. The Kier molecular flexibility index (Phi) is 2.47. The van der Waals surface area contributed by atoms with Crippen LogP contribution in [-0.4, -0.2) is 0 Å². The van der Waals surface area contributed by atoms with Gasteiger partial charge < -0.3 is 8.83 Å². The van der Waals surface area contributed by atoms with Gasteiger partial charge in [-0.2, -0.15) is 0 Å². The topological polar surface area (TPSA) is 26.3 Å². The average Bonchev–Trinajstić information content (AvgIpc) is 3.77. The minimum absolute atomic E-state index is 0.00525. The van der Waals surface area contributed by atoms with Crippen LogP contribution in [0, 0.1) is 0 Å². The Morgan fingerprint density at radius 1 is 0.400 bits per heavy atom. The fourth-order valence-corrected chi connectivity index (χ4v) is 5.66. The Bertz CT molecular complexity index is 3130. The summed E-state index contributed by atoms with van der Waals surface area (Å²) in [7, 11) is 0. The van der Waals surface area contributed by atoms with Crippen LogP contribution in [0.5, 0.6) is 0 Å². The molecular formula is C38H22O2. The Labute approximate surface area is 249 Å². The van der Waals surface area contributed by atoms with Crippen molar-refractivity contribution < 1.29 is 28.0 Å². The van der Waals surface area contributed by atoms with Crippen LogP contribution in [0.3, 0.4) is 0 Å². The summed E-state index contributed by atoms with van der Waals surface area (Å²) < 4.78 is 134. The molecule has 2 heterocycles. The molecule has 0 atom stereocenters. The summed E-state index contributed by atoms with van der Waals surface area (Å²) in [5.41, 5.74) is -0.210. The van der Waals surface area contributed by atoms with Crippen LogP contribution in [0.4, 0.5) is 0 Å². The summed E-state index contributed by atoms with van der Waals surface area (Å²) in [6.07, 6.45) is 0. The summed E-state index contributed by atoms with van der Waals surface area (Å²) in [5.74, 6) is 0. The van der Waals surface area contributed by atoms with Gasteiger partial charge in [0.25, 0.3) is 0 Å². The Hall–Kier alpha value is -5.34. The average molecular weight is 525 g/mol. The van der Waals surface area contributed by atoms with Crippen LogP contribution in [0.1, 0.15) is 19.2 Å². The highest BCUT2D eigenvalue weighted by Crippen LogP contribution is 2.45. The highest BCUT2D eigenvalue weighted by Gasteiger charge is 2.19. The predicted molar refractivity (Wildman–Crippen MR) is 167 cm³/mol. The van der Waals surface area contributed by atoms with E-state index in [1.807, 2.05) is 0 Å². The zero-order valence-electron chi connectivity index (χ0n) is 34.4. The van der Waals surface area contributed by atoms with E-state index in [9.17, 15) is 4.11 Å². The number of benzene rings is 7. The van der Waals surface area contributed by atoms with Crippen LogP contribution in [-0.2, 0) is 0 Å². The van der Waals surface area contributed by atoms with Crippen molar-refractivity contribution >= 4 is 65.4 Å². The van der Waals surface area contributed by atoms with Gasteiger partial charge >= 0.3 is 0 Å². The van der Waals surface area contributed by atoms with E-state index in [0.717, 1.165) is 0 Å². The van der Waals surface area contributed by atoms with Gasteiger partial charge in [-0.1, -0.05) is 103 Å². The Morgan fingerprint density at radius 3 is 1.57 bits per heavy atom. The molecule has 0 aliphatic carbocycles. The second-order valence-electron chi connectivity index (χ2n) is 9.36. The third-order valence-electron chi connectivity index (χ3n) is 7.26. The highest BCUT2D eigenvalue weighted by atomic mass is 16.3. The standard InChI is InChI=1S/C38H22O2/c1-2-10-23(11-3-1)35-25-12-4-6-14-27(25)36(28-15-7-5-13-26(28)35)24-18-19-30-34(22-24)40-33-21-20-32-37(38(30)33)29-16-8-9-17-31(29)39-32/h1-22H/i1D,2D,3D,8D,9D,10D,11D,16D,17D,18D,19D,20D,21D,22D. The van der Waals surface area contributed by atoms with Gasteiger partial charge in [0.15, 0.2) is 0 Å². The van der Waals surface area contributed by atoms with E-state index in [1.165, 1.54) is 0 Å². The fraction of sp³-hybridized carbons (Fsp3) is 0. The summed E-state index contributed by atoms with van der Waals surface area (Å²) in [5, 5.41) is 1.72. The van der Waals surface area contributed by atoms with Gasteiger partial charge in [0.2, 0.25) is 0 Å². The van der Waals surface area contributed by atoms with E-state index >= 15 is 0 Å². The molecule has 0 amide bonds. The van der Waals surface area contributed by atoms with E-state index in [-0.39, 0.29) is 61.0 Å². The summed E-state index contributed by atoms with van der Waals surface area (Å²) in [4.78, 5) is 0. The molecule has 0 fully saturated rings. The molecule has 9 rings (SSSR count). The first-order chi connectivity index (χ1) is 25.7. The molecule has 0 saturated carbocycles. The van der Waals surface area contributed by atoms with Crippen molar-refractivity contribution in [1.29, 1.82) is 0 Å². The van der Waals surface area contributed by atoms with Crippen molar-refractivity contribution in [2.24, 2.45) is 0 Å². The fourth-order valence-electron chi connectivity index (χ4n) is 5.66. The summed E-state index contributed by atoms with van der Waals surface area (Å²) in [6.45, 7) is 0. The number of hydrogen-bond donors (Lipinski definition) is 0. The van der Waals surface area contributed by atoms with Crippen LogP contribution in [0.2, 0.25) is 0 Å². The minimum Gasteiger partial charge on any atom is -0.456 e. The molecule has 0 N–H and O–H groups in total. The lowest BCUT2D eigenvalue weighted by Crippen LogP contribution is -1.90. The van der Waals surface area contributed by atoms with Crippen molar-refractivity contribution in [1.82, 2.24) is 0 Å². The predicted octanol–water partition coefficient (Wildman–Crippen LogP) is 11.1. The van der Waals surface area contributed by atoms with Gasteiger partial charge in [-0.25, -0.2) is 0 Å². The monoisotopic (exact) mass is 524 g/mol. The van der Waals surface area contributed by atoms with E-state index in [4.69, 9.17) is 23.9 Å². The van der Waals surface area contributed by atoms with Crippen LogP contribution >= 0.6 is 0 Å². The Balaban J connectivity index is 1.47. The molecule has 40 heavy (non-hydrogen) atoms. The van der Waals surface area contributed by atoms with Crippen molar-refractivity contribution in [3.8, 4) is 22.3 Å². The zero-order valence-corrected chi connectivity index (χ0v) is 20.4. The maximum absolute atomic E-state index is 9.58. The molecule has 0 saturated heterocycles. The first kappa shape index (κ1) is 12.2. The smallest absolute Gasteiger partial charge is 0.136 e. The lowest BCUT2D eigenvalue weighted by molar-refractivity contribution is 0.663. The molecule has 0 bridgehead atoms. The maximum Gasteiger partial charge on any atom is 0.136 e. The maximum atomic E-state index is 9.58. The molecule has 0 radical (unpaired) electrons. The van der Waals surface area contributed by atoms with Gasteiger partial charge in [0.1, 0.15) is 22.3 Å². The lowest BCUT2D eigenvalue weighted by atomic mass is 9.86.